The smallest absolute Gasteiger partial charge is 0.351 e. The molecule has 27 heavy (non-hydrogen) atoms. The van der Waals surface area contributed by atoms with Crippen LogP contribution in [0.1, 0.15) is 23.1 Å². The monoisotopic (exact) mass is 366 g/mol. The molecule has 0 fully saturated rings. The second-order valence-electron chi connectivity index (χ2n) is 6.05. The SMILES string of the molecule is [C-]#[N+]c1c(-c2ccc(-c3cc(F)ccc3F)cc2)c(C(=O)O)n(C)c1CC. The van der Waals surface area contributed by atoms with E-state index in [9.17, 15) is 18.7 Å². The number of hydrogen-bond donors (Lipinski definition) is 1. The van der Waals surface area contributed by atoms with E-state index in [1.165, 1.54) is 4.57 Å². The van der Waals surface area contributed by atoms with Gasteiger partial charge in [0.1, 0.15) is 17.3 Å². The first kappa shape index (κ1) is 18.3. The highest BCUT2D eigenvalue weighted by Gasteiger charge is 2.25. The zero-order chi connectivity index (χ0) is 19.7. The van der Waals surface area contributed by atoms with Crippen LogP contribution in [0.3, 0.4) is 0 Å². The van der Waals surface area contributed by atoms with Crippen LogP contribution in [-0.2, 0) is 13.5 Å². The van der Waals surface area contributed by atoms with Gasteiger partial charge in [0, 0.05) is 23.9 Å². The van der Waals surface area contributed by atoms with Crippen LogP contribution in [0.2, 0.25) is 0 Å². The Bertz CT molecular complexity index is 1080. The van der Waals surface area contributed by atoms with E-state index in [1.807, 2.05) is 6.92 Å². The predicted molar refractivity (Wildman–Crippen MR) is 98.8 cm³/mol. The Morgan fingerprint density at radius 3 is 2.33 bits per heavy atom. The lowest BCUT2D eigenvalue weighted by Crippen LogP contribution is -2.07. The number of halogens is 2. The maximum Gasteiger partial charge on any atom is 0.351 e. The average molecular weight is 366 g/mol. The molecule has 0 aliphatic rings. The lowest BCUT2D eigenvalue weighted by atomic mass is 9.98. The van der Waals surface area contributed by atoms with E-state index in [1.54, 1.807) is 31.3 Å². The van der Waals surface area contributed by atoms with Crippen molar-refractivity contribution in [2.45, 2.75) is 13.3 Å². The topological polar surface area (TPSA) is 46.6 Å². The summed E-state index contributed by atoms with van der Waals surface area (Å²) in [5, 5.41) is 9.62. The summed E-state index contributed by atoms with van der Waals surface area (Å²) in [6, 6.07) is 9.63. The molecule has 0 aliphatic carbocycles. The molecule has 0 saturated carbocycles. The van der Waals surface area contributed by atoms with E-state index in [0.29, 0.717) is 34.5 Å². The standard InChI is InChI=1S/C21H16F2N2O2/c1-4-17-19(24-2)18(20(21(26)27)25(17)3)13-7-5-12(6-8-13)15-11-14(22)9-10-16(15)23/h5-11H,4H2,1,3H3,(H,26,27). The number of nitrogens with zero attached hydrogens (tertiary/aromatic N) is 2. The van der Waals surface area contributed by atoms with E-state index in [2.05, 4.69) is 4.85 Å². The first-order chi connectivity index (χ1) is 12.9. The molecular formula is C21H16F2N2O2. The van der Waals surface area contributed by atoms with E-state index in [0.717, 1.165) is 18.2 Å². The molecule has 1 N–H and O–H groups in total. The Labute approximate surface area is 155 Å². The molecule has 0 spiro atoms. The van der Waals surface area contributed by atoms with Gasteiger partial charge in [-0.1, -0.05) is 31.2 Å². The molecular weight excluding hydrogens is 350 g/mol. The van der Waals surface area contributed by atoms with Crippen molar-refractivity contribution >= 4 is 11.7 Å². The van der Waals surface area contributed by atoms with Gasteiger partial charge in [-0.05, 0) is 35.7 Å². The Morgan fingerprint density at radius 2 is 1.78 bits per heavy atom. The van der Waals surface area contributed by atoms with Crippen molar-refractivity contribution in [3.05, 3.63) is 76.9 Å². The third-order valence-corrected chi connectivity index (χ3v) is 4.55. The van der Waals surface area contributed by atoms with Crippen LogP contribution in [0.25, 0.3) is 27.1 Å². The molecule has 0 bridgehead atoms. The van der Waals surface area contributed by atoms with Gasteiger partial charge in [0.05, 0.1) is 6.57 Å². The molecule has 0 radical (unpaired) electrons. The van der Waals surface area contributed by atoms with Crippen molar-refractivity contribution in [3.63, 3.8) is 0 Å². The maximum atomic E-state index is 14.0. The Kier molecular flexibility index (Phi) is 4.78. The molecule has 6 heteroatoms. The van der Waals surface area contributed by atoms with Gasteiger partial charge in [-0.2, -0.15) is 0 Å². The molecule has 0 saturated heterocycles. The molecule has 0 aliphatic heterocycles. The molecule has 0 amide bonds. The summed E-state index contributed by atoms with van der Waals surface area (Å²) in [5.74, 6) is -2.22. The first-order valence-electron chi connectivity index (χ1n) is 8.27. The van der Waals surface area contributed by atoms with Crippen molar-refractivity contribution in [1.82, 2.24) is 4.57 Å². The fourth-order valence-corrected chi connectivity index (χ4v) is 3.30. The Morgan fingerprint density at radius 1 is 1.15 bits per heavy atom. The first-order valence-corrected chi connectivity index (χ1v) is 8.27. The van der Waals surface area contributed by atoms with E-state index >= 15 is 0 Å². The average Bonchev–Trinajstić information content (AvgIpc) is 2.95. The molecule has 3 rings (SSSR count). The summed E-state index contributed by atoms with van der Waals surface area (Å²) >= 11 is 0. The van der Waals surface area contributed by atoms with Crippen molar-refractivity contribution in [3.8, 4) is 22.3 Å². The summed E-state index contributed by atoms with van der Waals surface area (Å²) in [6.07, 6.45) is 0.515. The van der Waals surface area contributed by atoms with Crippen LogP contribution < -0.4 is 0 Å². The summed E-state index contributed by atoms with van der Waals surface area (Å²) in [6.45, 7) is 9.34. The van der Waals surface area contributed by atoms with E-state index < -0.39 is 17.6 Å². The number of carbonyl (C=O) groups is 1. The number of aromatic nitrogens is 1. The summed E-state index contributed by atoms with van der Waals surface area (Å²) in [4.78, 5) is 15.3. The van der Waals surface area contributed by atoms with Crippen LogP contribution in [0, 0.1) is 18.2 Å². The highest BCUT2D eigenvalue weighted by atomic mass is 19.1. The molecule has 0 atom stereocenters. The maximum absolute atomic E-state index is 14.0. The second kappa shape index (κ2) is 7.04. The number of aromatic carboxylic acids is 1. The lowest BCUT2D eigenvalue weighted by Gasteiger charge is -2.08. The van der Waals surface area contributed by atoms with Crippen LogP contribution in [0.4, 0.5) is 14.5 Å². The Hall–Kier alpha value is -3.46. The van der Waals surface area contributed by atoms with Gasteiger partial charge >= 0.3 is 5.97 Å². The minimum atomic E-state index is -1.13. The van der Waals surface area contributed by atoms with Gasteiger partial charge < -0.3 is 9.67 Å². The van der Waals surface area contributed by atoms with Gasteiger partial charge in [0.2, 0.25) is 5.69 Å². The predicted octanol–water partition coefficient (Wildman–Crippen LogP) is 5.45. The normalized spacial score (nSPS) is 10.6. The molecule has 136 valence electrons. The van der Waals surface area contributed by atoms with Gasteiger partial charge in [0.25, 0.3) is 0 Å². The third kappa shape index (κ3) is 3.08. The van der Waals surface area contributed by atoms with Crippen LogP contribution >= 0.6 is 0 Å². The molecule has 0 unspecified atom stereocenters. The molecule has 1 heterocycles. The van der Waals surface area contributed by atoms with Gasteiger partial charge in [-0.3, -0.25) is 0 Å². The third-order valence-electron chi connectivity index (χ3n) is 4.55. The largest absolute Gasteiger partial charge is 0.477 e. The summed E-state index contributed by atoms with van der Waals surface area (Å²) in [5.41, 5.74) is 2.41. The number of hydrogen-bond acceptors (Lipinski definition) is 1. The second-order valence-corrected chi connectivity index (χ2v) is 6.05. The lowest BCUT2D eigenvalue weighted by molar-refractivity contribution is 0.0687. The van der Waals surface area contributed by atoms with Crippen LogP contribution in [0.15, 0.2) is 42.5 Å². The molecule has 3 aromatic rings. The quantitative estimate of drug-likeness (QED) is 0.624. The van der Waals surface area contributed by atoms with Crippen molar-refractivity contribution in [1.29, 1.82) is 0 Å². The zero-order valence-corrected chi connectivity index (χ0v) is 14.8. The summed E-state index contributed by atoms with van der Waals surface area (Å²) in [7, 11) is 1.62. The number of rotatable bonds is 4. The van der Waals surface area contributed by atoms with Gasteiger partial charge in [0.15, 0.2) is 0 Å². The summed E-state index contributed by atoms with van der Waals surface area (Å²) < 4.78 is 28.9. The van der Waals surface area contributed by atoms with Gasteiger partial charge in [-0.15, -0.1) is 0 Å². The van der Waals surface area contributed by atoms with E-state index in [4.69, 9.17) is 6.57 Å². The zero-order valence-electron chi connectivity index (χ0n) is 14.8. The highest BCUT2D eigenvalue weighted by molar-refractivity contribution is 6.00. The van der Waals surface area contributed by atoms with Gasteiger partial charge in [-0.25, -0.2) is 18.4 Å². The number of benzene rings is 2. The fraction of sp³-hybridized carbons (Fsp3) is 0.143. The van der Waals surface area contributed by atoms with Crippen LogP contribution in [-0.4, -0.2) is 15.6 Å². The minimum Gasteiger partial charge on any atom is -0.477 e. The molecule has 1 aromatic heterocycles. The number of carboxylic acid groups (broad SMARTS) is 1. The van der Waals surface area contributed by atoms with E-state index in [-0.39, 0.29) is 11.3 Å². The fourth-order valence-electron chi connectivity index (χ4n) is 3.30. The van der Waals surface area contributed by atoms with Crippen molar-refractivity contribution in [2.75, 3.05) is 0 Å². The molecule has 2 aromatic carbocycles. The Balaban J connectivity index is 2.18. The number of carboxylic acids is 1. The van der Waals surface area contributed by atoms with Crippen molar-refractivity contribution < 1.29 is 18.7 Å². The van der Waals surface area contributed by atoms with Crippen LogP contribution in [0.5, 0.6) is 0 Å². The van der Waals surface area contributed by atoms with Crippen molar-refractivity contribution in [2.24, 2.45) is 7.05 Å². The minimum absolute atomic E-state index is 0.0301. The molecule has 4 nitrogen and oxygen atoms in total. The highest BCUT2D eigenvalue weighted by Crippen LogP contribution is 2.40.